The van der Waals surface area contributed by atoms with Crippen LogP contribution in [0, 0.1) is 12.7 Å². The molecule has 0 atom stereocenters. The summed E-state index contributed by atoms with van der Waals surface area (Å²) >= 11 is 7.80. The van der Waals surface area contributed by atoms with Gasteiger partial charge in [-0.05, 0) is 60.0 Å². The van der Waals surface area contributed by atoms with Crippen molar-refractivity contribution in [1.82, 2.24) is 0 Å². The first kappa shape index (κ1) is 14.3. The summed E-state index contributed by atoms with van der Waals surface area (Å²) < 4.78 is 13.0. The fraction of sp³-hybridized carbons (Fsp3) is 0.111. The number of hydrogen-bond acceptors (Lipinski definition) is 1. The van der Waals surface area contributed by atoms with Crippen LogP contribution < -0.4 is 0 Å². The van der Waals surface area contributed by atoms with Gasteiger partial charge >= 0.3 is 0 Å². The van der Waals surface area contributed by atoms with Crippen molar-refractivity contribution >= 4 is 22.9 Å². The smallest absolute Gasteiger partial charge is 0.123 e. The molecular formula is C18H14ClFS. The zero-order valence-corrected chi connectivity index (χ0v) is 13.1. The van der Waals surface area contributed by atoms with Gasteiger partial charge in [0.25, 0.3) is 0 Å². The average Bonchev–Trinajstić information content (AvgIpc) is 2.92. The predicted octanol–water partition coefficient (Wildman–Crippen LogP) is 6.11. The molecule has 1 aromatic heterocycles. The van der Waals surface area contributed by atoms with E-state index in [4.69, 9.17) is 11.6 Å². The molecule has 0 saturated carbocycles. The molecule has 3 heteroatoms. The third-order valence-corrected chi connectivity index (χ3v) is 4.84. The summed E-state index contributed by atoms with van der Waals surface area (Å²) in [7, 11) is 0. The number of benzene rings is 2. The minimum atomic E-state index is -0.204. The van der Waals surface area contributed by atoms with Gasteiger partial charge in [0.2, 0.25) is 0 Å². The van der Waals surface area contributed by atoms with Crippen LogP contribution in [0.2, 0.25) is 5.02 Å². The van der Waals surface area contributed by atoms with E-state index >= 15 is 0 Å². The summed E-state index contributed by atoms with van der Waals surface area (Å²) in [6.07, 6.45) is 0.873. The third kappa shape index (κ3) is 3.34. The maximum atomic E-state index is 13.0. The van der Waals surface area contributed by atoms with Gasteiger partial charge in [-0.15, -0.1) is 11.3 Å². The first-order chi connectivity index (χ1) is 10.1. The summed E-state index contributed by atoms with van der Waals surface area (Å²) in [5, 5.41) is 0.769. The maximum Gasteiger partial charge on any atom is 0.123 e. The van der Waals surface area contributed by atoms with Crippen LogP contribution in [0.25, 0.3) is 10.4 Å². The monoisotopic (exact) mass is 316 g/mol. The first-order valence-corrected chi connectivity index (χ1v) is 7.91. The summed E-state index contributed by atoms with van der Waals surface area (Å²) in [4.78, 5) is 2.43. The van der Waals surface area contributed by atoms with Gasteiger partial charge in [-0.25, -0.2) is 4.39 Å². The van der Waals surface area contributed by atoms with E-state index in [-0.39, 0.29) is 5.82 Å². The molecule has 0 nitrogen and oxygen atoms in total. The zero-order chi connectivity index (χ0) is 14.8. The van der Waals surface area contributed by atoms with Crippen LogP contribution in [0.5, 0.6) is 0 Å². The van der Waals surface area contributed by atoms with E-state index in [0.29, 0.717) is 0 Å². The Balaban J connectivity index is 1.85. The Morgan fingerprint density at radius 1 is 1.00 bits per heavy atom. The van der Waals surface area contributed by atoms with Crippen LogP contribution >= 0.6 is 22.9 Å². The van der Waals surface area contributed by atoms with Crippen LogP contribution in [0.3, 0.4) is 0 Å². The molecule has 0 amide bonds. The molecular weight excluding hydrogens is 303 g/mol. The van der Waals surface area contributed by atoms with Crippen molar-refractivity contribution in [2.75, 3.05) is 0 Å². The summed E-state index contributed by atoms with van der Waals surface area (Å²) in [6.45, 7) is 2.10. The summed E-state index contributed by atoms with van der Waals surface area (Å²) in [5.74, 6) is -0.204. The van der Waals surface area contributed by atoms with E-state index in [2.05, 4.69) is 19.1 Å². The maximum absolute atomic E-state index is 13.0. The first-order valence-electron chi connectivity index (χ1n) is 6.71. The number of rotatable bonds is 3. The molecule has 106 valence electrons. The molecule has 0 saturated heterocycles. The van der Waals surface area contributed by atoms with E-state index in [1.165, 1.54) is 28.1 Å². The number of thiophene rings is 1. The molecule has 3 aromatic rings. The predicted molar refractivity (Wildman–Crippen MR) is 88.7 cm³/mol. The molecule has 3 rings (SSSR count). The number of aryl methyl sites for hydroxylation is 1. The van der Waals surface area contributed by atoms with E-state index in [1.807, 2.05) is 30.3 Å². The molecule has 0 aliphatic carbocycles. The molecule has 1 heterocycles. The van der Waals surface area contributed by atoms with Gasteiger partial charge < -0.3 is 0 Å². The van der Waals surface area contributed by atoms with E-state index < -0.39 is 0 Å². The lowest BCUT2D eigenvalue weighted by molar-refractivity contribution is 0.628. The highest BCUT2D eigenvalue weighted by Crippen LogP contribution is 2.30. The third-order valence-electron chi connectivity index (χ3n) is 3.47. The van der Waals surface area contributed by atoms with Gasteiger partial charge in [-0.1, -0.05) is 29.8 Å². The van der Waals surface area contributed by atoms with Gasteiger partial charge in [0, 0.05) is 21.2 Å². The Labute approximate surface area is 132 Å². The van der Waals surface area contributed by atoms with Gasteiger partial charge in [0.1, 0.15) is 5.82 Å². The molecule has 0 bridgehead atoms. The second kappa shape index (κ2) is 6.00. The van der Waals surface area contributed by atoms with Crippen molar-refractivity contribution in [2.45, 2.75) is 13.3 Å². The second-order valence-corrected chi connectivity index (χ2v) is 6.63. The highest BCUT2D eigenvalue weighted by atomic mass is 35.5. The zero-order valence-electron chi connectivity index (χ0n) is 11.6. The molecule has 0 unspecified atom stereocenters. The van der Waals surface area contributed by atoms with Crippen molar-refractivity contribution in [2.24, 2.45) is 0 Å². The molecule has 0 spiro atoms. The lowest BCUT2D eigenvalue weighted by atomic mass is 10.1. The fourth-order valence-electron chi connectivity index (χ4n) is 2.26. The largest absolute Gasteiger partial charge is 0.207 e. The summed E-state index contributed by atoms with van der Waals surface area (Å²) in [5.41, 5.74) is 3.54. The minimum absolute atomic E-state index is 0.204. The van der Waals surface area contributed by atoms with Crippen molar-refractivity contribution in [3.05, 3.63) is 81.4 Å². The van der Waals surface area contributed by atoms with Crippen LogP contribution in [-0.4, -0.2) is 0 Å². The molecule has 0 aliphatic rings. The van der Waals surface area contributed by atoms with Gasteiger partial charge in [-0.2, -0.15) is 0 Å². The SMILES string of the molecule is Cc1ccc(Cl)cc1Cc1ccc(-c2ccc(F)cc2)s1. The Morgan fingerprint density at radius 3 is 2.52 bits per heavy atom. The Kier molecular flexibility index (Phi) is 4.09. The highest BCUT2D eigenvalue weighted by molar-refractivity contribution is 7.15. The minimum Gasteiger partial charge on any atom is -0.207 e. The lowest BCUT2D eigenvalue weighted by Crippen LogP contribution is -1.88. The van der Waals surface area contributed by atoms with Crippen LogP contribution in [-0.2, 0) is 6.42 Å². The van der Waals surface area contributed by atoms with Crippen molar-refractivity contribution in [3.63, 3.8) is 0 Å². The molecule has 21 heavy (non-hydrogen) atoms. The normalized spacial score (nSPS) is 10.8. The van der Waals surface area contributed by atoms with Crippen LogP contribution in [0.4, 0.5) is 4.39 Å². The van der Waals surface area contributed by atoms with Gasteiger partial charge in [0.05, 0.1) is 0 Å². The number of hydrogen-bond donors (Lipinski definition) is 0. The molecule has 0 aliphatic heterocycles. The Hall–Kier alpha value is -1.64. The quantitative estimate of drug-likeness (QED) is 0.547. The highest BCUT2D eigenvalue weighted by Gasteiger charge is 2.06. The molecule has 2 aromatic carbocycles. The topological polar surface area (TPSA) is 0 Å². The Morgan fingerprint density at radius 2 is 1.76 bits per heavy atom. The average molecular weight is 317 g/mol. The van der Waals surface area contributed by atoms with Crippen molar-refractivity contribution in [3.8, 4) is 10.4 Å². The van der Waals surface area contributed by atoms with Gasteiger partial charge in [-0.3, -0.25) is 0 Å². The summed E-state index contributed by atoms with van der Waals surface area (Å²) in [6, 6.07) is 16.8. The fourth-order valence-corrected chi connectivity index (χ4v) is 3.49. The van der Waals surface area contributed by atoms with E-state index in [1.54, 1.807) is 11.3 Å². The van der Waals surface area contributed by atoms with Crippen LogP contribution in [0.15, 0.2) is 54.6 Å². The van der Waals surface area contributed by atoms with Crippen molar-refractivity contribution < 1.29 is 4.39 Å². The van der Waals surface area contributed by atoms with Crippen molar-refractivity contribution in [1.29, 1.82) is 0 Å². The Bertz CT molecular complexity index is 759. The number of halogens is 2. The lowest BCUT2D eigenvalue weighted by Gasteiger charge is -2.04. The van der Waals surface area contributed by atoms with E-state index in [0.717, 1.165) is 21.9 Å². The van der Waals surface area contributed by atoms with E-state index in [9.17, 15) is 4.39 Å². The second-order valence-electron chi connectivity index (χ2n) is 5.02. The molecule has 0 fully saturated rings. The standard InChI is InChI=1S/C18H14ClFS/c1-12-2-5-15(19)10-14(12)11-17-8-9-18(21-17)13-3-6-16(20)7-4-13/h2-10H,11H2,1H3. The van der Waals surface area contributed by atoms with Gasteiger partial charge in [0.15, 0.2) is 0 Å². The molecule has 0 N–H and O–H groups in total. The van der Waals surface area contributed by atoms with Crippen LogP contribution in [0.1, 0.15) is 16.0 Å². The molecule has 0 radical (unpaired) electrons.